The third-order valence-electron chi connectivity index (χ3n) is 5.57. The lowest BCUT2D eigenvalue weighted by Gasteiger charge is -2.15. The molecule has 0 fully saturated rings. The van der Waals surface area contributed by atoms with Gasteiger partial charge >= 0.3 is 0 Å². The maximum atomic E-state index is 12.4. The molecule has 1 aromatic heterocycles. The van der Waals surface area contributed by atoms with Crippen LogP contribution in [-0.4, -0.2) is 44.6 Å². The zero-order chi connectivity index (χ0) is 21.0. The van der Waals surface area contributed by atoms with Crippen LogP contribution in [0.4, 0.5) is 0 Å². The highest BCUT2D eigenvalue weighted by Crippen LogP contribution is 2.41. The Morgan fingerprint density at radius 3 is 2.79 bits per heavy atom. The molecule has 1 aliphatic carbocycles. The van der Waals surface area contributed by atoms with Crippen LogP contribution in [0.2, 0.25) is 0 Å². The minimum atomic E-state index is -0.0596. The molecule has 0 saturated heterocycles. The van der Waals surface area contributed by atoms with Gasteiger partial charge in [0.05, 0.1) is 6.61 Å². The van der Waals surface area contributed by atoms with E-state index < -0.39 is 0 Å². The van der Waals surface area contributed by atoms with Crippen LogP contribution in [0, 0.1) is 6.92 Å². The predicted octanol–water partition coefficient (Wildman–Crippen LogP) is 4.49. The van der Waals surface area contributed by atoms with Gasteiger partial charge in [-0.15, -0.1) is 0 Å². The van der Waals surface area contributed by atoms with Gasteiger partial charge in [0, 0.05) is 41.1 Å². The normalized spacial score (nSPS) is 14.3. The number of hydrogen-bond acceptors (Lipinski definition) is 4. The van der Waals surface area contributed by atoms with Crippen molar-refractivity contribution in [1.82, 2.24) is 10.2 Å². The van der Waals surface area contributed by atoms with Crippen molar-refractivity contribution in [2.75, 3.05) is 33.8 Å². The number of benzene rings is 1. The largest absolute Gasteiger partial charge is 0.493 e. The molecule has 1 aliphatic rings. The summed E-state index contributed by atoms with van der Waals surface area (Å²) in [7, 11) is 4.07. The minimum absolute atomic E-state index is 0.0596. The Labute approximate surface area is 174 Å². The first-order valence-corrected chi connectivity index (χ1v) is 10.7. The summed E-state index contributed by atoms with van der Waals surface area (Å²) in [6, 6.07) is 2.16. The lowest BCUT2D eigenvalue weighted by Crippen LogP contribution is -2.25. The van der Waals surface area contributed by atoms with Gasteiger partial charge in [-0.25, -0.2) is 0 Å². The zero-order valence-corrected chi connectivity index (χ0v) is 18.5. The molecule has 0 atom stereocenters. The summed E-state index contributed by atoms with van der Waals surface area (Å²) in [5.74, 6) is 1.88. The van der Waals surface area contributed by atoms with Crippen LogP contribution in [-0.2, 0) is 17.6 Å². The van der Waals surface area contributed by atoms with Crippen LogP contribution in [0.1, 0.15) is 55.6 Å². The summed E-state index contributed by atoms with van der Waals surface area (Å²) in [6.45, 7) is 8.22. The molecular weight excluding hydrogens is 364 g/mol. The number of nitrogens with one attached hydrogen (secondary N) is 1. The first-order chi connectivity index (χ1) is 13.9. The summed E-state index contributed by atoms with van der Waals surface area (Å²) in [6.07, 6.45) is 7.07. The Morgan fingerprint density at radius 1 is 1.31 bits per heavy atom. The third kappa shape index (κ3) is 4.84. The number of ether oxygens (including phenoxy) is 1. The fraction of sp³-hybridized carbons (Fsp3) is 0.542. The maximum absolute atomic E-state index is 12.4. The quantitative estimate of drug-likeness (QED) is 0.526. The minimum Gasteiger partial charge on any atom is -0.493 e. The number of aryl methyl sites for hydroxylation is 3. The summed E-state index contributed by atoms with van der Waals surface area (Å²) < 4.78 is 12.2. The van der Waals surface area contributed by atoms with Gasteiger partial charge in [-0.1, -0.05) is 0 Å². The molecule has 0 aliphatic heterocycles. The number of carbonyl (C=O) groups excluding carboxylic acids is 1. The van der Waals surface area contributed by atoms with E-state index in [-0.39, 0.29) is 5.91 Å². The molecule has 3 rings (SSSR count). The van der Waals surface area contributed by atoms with Crippen molar-refractivity contribution in [2.24, 2.45) is 0 Å². The fourth-order valence-electron chi connectivity index (χ4n) is 4.09. The van der Waals surface area contributed by atoms with Crippen LogP contribution in [0.15, 0.2) is 16.6 Å². The van der Waals surface area contributed by atoms with E-state index in [9.17, 15) is 4.79 Å². The number of carbonyl (C=O) groups is 1. The van der Waals surface area contributed by atoms with Crippen molar-refractivity contribution in [3.8, 4) is 5.75 Å². The molecule has 1 heterocycles. The number of nitrogens with zero attached hydrogens (tertiary/aromatic N) is 1. The summed E-state index contributed by atoms with van der Waals surface area (Å²) in [5, 5.41) is 4.16. The Bertz CT molecular complexity index is 909. The van der Waals surface area contributed by atoms with E-state index in [1.165, 1.54) is 23.8 Å². The fourth-order valence-corrected chi connectivity index (χ4v) is 4.09. The molecule has 0 saturated carbocycles. The lowest BCUT2D eigenvalue weighted by atomic mass is 9.93. The molecule has 0 unspecified atom stereocenters. The first kappa shape index (κ1) is 21.4. The highest BCUT2D eigenvalue weighted by molar-refractivity contribution is 5.98. The Kier molecular flexibility index (Phi) is 7.01. The number of allylic oxidation sites excluding steroid dienone is 1. The van der Waals surface area contributed by atoms with Crippen LogP contribution < -0.4 is 10.1 Å². The SMILES string of the molecule is CCOc1c(/C(C)=C/C(=O)NCCCN(C)C)cc2c3c(oc2c1C)CCCC3. The maximum Gasteiger partial charge on any atom is 0.244 e. The molecule has 5 heteroatoms. The standard InChI is InChI=1S/C24H34N2O3/c1-6-28-23-17(3)24-20(18-10-7-8-11-21(18)29-24)15-19(23)16(2)14-22(27)25-12-9-13-26(4)5/h14-15H,6-13H2,1-5H3,(H,25,27)/b16-14+. The molecule has 0 radical (unpaired) electrons. The van der Waals surface area contributed by atoms with Crippen molar-refractivity contribution in [1.29, 1.82) is 0 Å². The van der Waals surface area contributed by atoms with Crippen molar-refractivity contribution < 1.29 is 13.9 Å². The van der Waals surface area contributed by atoms with Crippen molar-refractivity contribution >= 4 is 22.4 Å². The number of rotatable bonds is 8. The molecule has 2 aromatic rings. The highest BCUT2D eigenvalue weighted by Gasteiger charge is 2.23. The van der Waals surface area contributed by atoms with E-state index in [1.807, 2.05) is 27.9 Å². The van der Waals surface area contributed by atoms with E-state index in [2.05, 4.69) is 23.2 Å². The van der Waals surface area contributed by atoms with Gasteiger partial charge in [0.1, 0.15) is 17.1 Å². The lowest BCUT2D eigenvalue weighted by molar-refractivity contribution is -0.116. The number of furan rings is 1. The zero-order valence-electron chi connectivity index (χ0n) is 18.5. The third-order valence-corrected chi connectivity index (χ3v) is 5.57. The average molecular weight is 399 g/mol. The molecule has 1 amide bonds. The van der Waals surface area contributed by atoms with E-state index in [0.29, 0.717) is 13.2 Å². The average Bonchev–Trinajstić information content (AvgIpc) is 3.06. The smallest absolute Gasteiger partial charge is 0.244 e. The van der Waals surface area contributed by atoms with Crippen LogP contribution >= 0.6 is 0 Å². The monoisotopic (exact) mass is 398 g/mol. The molecule has 5 nitrogen and oxygen atoms in total. The Balaban J connectivity index is 1.92. The Morgan fingerprint density at radius 2 is 2.07 bits per heavy atom. The molecule has 0 bridgehead atoms. The Hall–Kier alpha value is -2.27. The van der Waals surface area contributed by atoms with Crippen molar-refractivity contribution in [3.63, 3.8) is 0 Å². The molecule has 0 spiro atoms. The van der Waals surface area contributed by atoms with Gasteiger partial charge in [-0.05, 0) is 78.7 Å². The van der Waals surface area contributed by atoms with Gasteiger partial charge in [-0.2, -0.15) is 0 Å². The van der Waals surface area contributed by atoms with Crippen LogP contribution in [0.5, 0.6) is 5.75 Å². The number of fused-ring (bicyclic) bond motifs is 3. The van der Waals surface area contributed by atoms with Gasteiger partial charge in [0.25, 0.3) is 0 Å². The van der Waals surface area contributed by atoms with E-state index in [4.69, 9.17) is 9.15 Å². The predicted molar refractivity (Wildman–Crippen MR) is 119 cm³/mol. The summed E-state index contributed by atoms with van der Waals surface area (Å²) in [4.78, 5) is 14.5. The second kappa shape index (κ2) is 9.49. The van der Waals surface area contributed by atoms with E-state index >= 15 is 0 Å². The summed E-state index contributed by atoms with van der Waals surface area (Å²) in [5.41, 5.74) is 5.18. The van der Waals surface area contributed by atoms with Crippen LogP contribution in [0.25, 0.3) is 16.5 Å². The second-order valence-electron chi connectivity index (χ2n) is 8.17. The molecule has 29 heavy (non-hydrogen) atoms. The second-order valence-corrected chi connectivity index (χ2v) is 8.17. The number of hydrogen-bond donors (Lipinski definition) is 1. The van der Waals surface area contributed by atoms with Gasteiger partial charge in [-0.3, -0.25) is 4.79 Å². The van der Waals surface area contributed by atoms with Crippen LogP contribution in [0.3, 0.4) is 0 Å². The van der Waals surface area contributed by atoms with Gasteiger partial charge in [0.15, 0.2) is 0 Å². The molecule has 1 aromatic carbocycles. The molecule has 1 N–H and O–H groups in total. The van der Waals surface area contributed by atoms with Gasteiger partial charge < -0.3 is 19.4 Å². The van der Waals surface area contributed by atoms with E-state index in [1.54, 1.807) is 6.08 Å². The van der Waals surface area contributed by atoms with Crippen molar-refractivity contribution in [3.05, 3.63) is 34.6 Å². The van der Waals surface area contributed by atoms with Gasteiger partial charge in [0.2, 0.25) is 5.91 Å². The molecular formula is C24H34N2O3. The summed E-state index contributed by atoms with van der Waals surface area (Å²) >= 11 is 0. The number of amides is 1. The van der Waals surface area contributed by atoms with Crippen molar-refractivity contribution in [2.45, 2.75) is 52.9 Å². The first-order valence-electron chi connectivity index (χ1n) is 10.7. The van der Waals surface area contributed by atoms with E-state index in [0.717, 1.165) is 59.6 Å². The molecule has 158 valence electrons. The topological polar surface area (TPSA) is 54.7 Å². The highest BCUT2D eigenvalue weighted by atomic mass is 16.5.